The molecule has 4 rings (SSSR count). The molecular weight excluding hydrogens is 442 g/mol. The highest BCUT2D eigenvalue weighted by molar-refractivity contribution is 5.62. The Morgan fingerprint density at radius 3 is 2.53 bits per heavy atom. The summed E-state index contributed by atoms with van der Waals surface area (Å²) >= 11 is 0. The second kappa shape index (κ2) is 7.90. The minimum atomic E-state index is -3.42. The van der Waals surface area contributed by atoms with Gasteiger partial charge in [-0.3, -0.25) is 14.6 Å². The van der Waals surface area contributed by atoms with Gasteiger partial charge in [-0.1, -0.05) is 0 Å². The largest absolute Gasteiger partial charge is 0.479 e. The zero-order valence-corrected chi connectivity index (χ0v) is 15.8. The van der Waals surface area contributed by atoms with Crippen LogP contribution in [0, 0.1) is 0 Å². The van der Waals surface area contributed by atoms with Crippen molar-refractivity contribution in [3.8, 4) is 17.0 Å². The van der Waals surface area contributed by atoms with E-state index in [4.69, 9.17) is 4.74 Å². The van der Waals surface area contributed by atoms with E-state index in [1.165, 1.54) is 0 Å². The molecule has 0 aliphatic carbocycles. The number of nitrogens with zero attached hydrogens (tertiary/aromatic N) is 4. The van der Waals surface area contributed by atoms with E-state index in [0.29, 0.717) is 0 Å². The molecule has 0 aromatic carbocycles. The van der Waals surface area contributed by atoms with Gasteiger partial charge in [-0.2, -0.15) is 5.10 Å². The van der Waals surface area contributed by atoms with Crippen molar-refractivity contribution in [1.82, 2.24) is 30.1 Å². The Morgan fingerprint density at radius 1 is 1.16 bits per heavy atom. The SMILES string of the molecule is O=c1[nH]cc(-c2cc(N3CC(Oc4cnc(C(F)F)nc4)C(F)(F)C3)c(=O)[nH]n2)c(=O)[nH]1. The van der Waals surface area contributed by atoms with Gasteiger partial charge in [-0.05, 0) is 6.07 Å². The number of halogens is 4. The number of rotatable bonds is 5. The molecule has 11 nitrogen and oxygen atoms in total. The molecule has 1 atom stereocenters. The minimum Gasteiger partial charge on any atom is -0.479 e. The number of anilines is 1. The topological polar surface area (TPSA) is 150 Å². The van der Waals surface area contributed by atoms with Crippen LogP contribution in [0.1, 0.15) is 12.2 Å². The van der Waals surface area contributed by atoms with Gasteiger partial charge >= 0.3 is 11.6 Å². The van der Waals surface area contributed by atoms with Gasteiger partial charge in [-0.25, -0.2) is 37.4 Å². The molecule has 15 heteroatoms. The van der Waals surface area contributed by atoms with Crippen molar-refractivity contribution in [1.29, 1.82) is 0 Å². The first-order valence-corrected chi connectivity index (χ1v) is 8.95. The van der Waals surface area contributed by atoms with E-state index in [-0.39, 0.29) is 22.7 Å². The van der Waals surface area contributed by atoms with Gasteiger partial charge < -0.3 is 14.6 Å². The summed E-state index contributed by atoms with van der Waals surface area (Å²) in [6.45, 7) is -1.35. The molecule has 3 aromatic heterocycles. The van der Waals surface area contributed by atoms with Crippen molar-refractivity contribution >= 4 is 5.69 Å². The van der Waals surface area contributed by atoms with Crippen LogP contribution in [0.15, 0.2) is 39.0 Å². The summed E-state index contributed by atoms with van der Waals surface area (Å²) in [5, 5.41) is 5.84. The van der Waals surface area contributed by atoms with Crippen LogP contribution in [0.25, 0.3) is 11.3 Å². The summed E-state index contributed by atoms with van der Waals surface area (Å²) in [6.07, 6.45) is -1.88. The monoisotopic (exact) mass is 455 g/mol. The number of aromatic nitrogens is 6. The molecule has 1 unspecified atom stereocenters. The van der Waals surface area contributed by atoms with E-state index in [1.807, 2.05) is 4.98 Å². The van der Waals surface area contributed by atoms with Crippen LogP contribution < -0.4 is 26.4 Å². The fourth-order valence-corrected chi connectivity index (χ4v) is 3.09. The van der Waals surface area contributed by atoms with E-state index >= 15 is 0 Å². The number of H-pyrrole nitrogens is 3. The predicted octanol–water partition coefficient (Wildman–Crippen LogP) is 0.444. The molecule has 3 N–H and O–H groups in total. The fourth-order valence-electron chi connectivity index (χ4n) is 3.09. The quantitative estimate of drug-likeness (QED) is 0.469. The van der Waals surface area contributed by atoms with Crippen molar-refractivity contribution in [3.63, 3.8) is 0 Å². The lowest BCUT2D eigenvalue weighted by Gasteiger charge is -2.18. The van der Waals surface area contributed by atoms with Crippen molar-refractivity contribution in [2.24, 2.45) is 0 Å². The number of ether oxygens (including phenoxy) is 1. The Balaban J connectivity index is 1.60. The molecule has 0 saturated carbocycles. The molecule has 0 spiro atoms. The highest BCUT2D eigenvalue weighted by Gasteiger charge is 2.50. The van der Waals surface area contributed by atoms with Crippen LogP contribution in [-0.4, -0.2) is 55.2 Å². The summed E-state index contributed by atoms with van der Waals surface area (Å²) < 4.78 is 59.4. The lowest BCUT2D eigenvalue weighted by atomic mass is 10.2. The second-order valence-electron chi connectivity index (χ2n) is 6.78. The van der Waals surface area contributed by atoms with Crippen LogP contribution in [0.5, 0.6) is 5.75 Å². The molecular formula is C17H13F4N7O4. The second-order valence-corrected chi connectivity index (χ2v) is 6.78. The summed E-state index contributed by atoms with van der Waals surface area (Å²) in [6, 6.07) is 1.13. The van der Waals surface area contributed by atoms with Crippen molar-refractivity contribution in [2.75, 3.05) is 18.0 Å². The summed E-state index contributed by atoms with van der Waals surface area (Å²) in [5.41, 5.74) is -2.73. The lowest BCUT2D eigenvalue weighted by molar-refractivity contribution is -0.0597. The number of hydrogen-bond donors (Lipinski definition) is 3. The number of aromatic amines is 3. The average Bonchev–Trinajstić information content (AvgIpc) is 3.03. The number of hydrogen-bond acceptors (Lipinski definition) is 8. The molecule has 0 radical (unpaired) electrons. The van der Waals surface area contributed by atoms with Crippen molar-refractivity contribution in [2.45, 2.75) is 18.5 Å². The van der Waals surface area contributed by atoms with E-state index in [0.717, 1.165) is 29.6 Å². The Hall–Kier alpha value is -4.04. The van der Waals surface area contributed by atoms with Gasteiger partial charge in [0.2, 0.25) is 0 Å². The average molecular weight is 455 g/mol. The molecule has 1 aliphatic heterocycles. The van der Waals surface area contributed by atoms with Crippen LogP contribution in [0.2, 0.25) is 0 Å². The van der Waals surface area contributed by atoms with Gasteiger partial charge in [0.15, 0.2) is 17.7 Å². The maximum atomic E-state index is 14.6. The fraction of sp³-hybridized carbons (Fsp3) is 0.294. The smallest absolute Gasteiger partial charge is 0.325 e. The van der Waals surface area contributed by atoms with Gasteiger partial charge in [0.25, 0.3) is 17.5 Å². The molecule has 1 saturated heterocycles. The Labute approximate surface area is 174 Å². The molecule has 0 bridgehead atoms. The standard InChI is InChI=1S/C17H13F4N7O4/c18-12(19)13-22-2-7(3-23-13)32-11-5-28(6-17(11,20)21)10-1-9(26-27-15(10)30)8-4-24-16(31)25-14(8)29/h1-4,11-12H,5-6H2,(H,27,30)(H2,24,25,29,31). The van der Waals surface area contributed by atoms with E-state index in [9.17, 15) is 31.9 Å². The first kappa shape index (κ1) is 21.2. The molecule has 0 amide bonds. The third-order valence-electron chi connectivity index (χ3n) is 4.60. The third kappa shape index (κ3) is 4.08. The summed E-state index contributed by atoms with van der Waals surface area (Å²) in [7, 11) is 0. The Bertz CT molecular complexity index is 1310. The highest BCUT2D eigenvalue weighted by atomic mass is 19.3. The maximum absolute atomic E-state index is 14.6. The molecule has 1 fully saturated rings. The minimum absolute atomic E-state index is 0.0687. The number of nitrogens with one attached hydrogen (secondary N) is 3. The van der Waals surface area contributed by atoms with Crippen LogP contribution >= 0.6 is 0 Å². The van der Waals surface area contributed by atoms with E-state index in [2.05, 4.69) is 25.1 Å². The zero-order valence-electron chi connectivity index (χ0n) is 15.8. The summed E-state index contributed by atoms with van der Waals surface area (Å²) in [4.78, 5) is 47.3. The Kier molecular flexibility index (Phi) is 5.23. The lowest BCUT2D eigenvalue weighted by Crippen LogP contribution is -2.36. The van der Waals surface area contributed by atoms with Gasteiger partial charge in [0.05, 0.1) is 36.7 Å². The normalized spacial score (nSPS) is 17.7. The summed E-state index contributed by atoms with van der Waals surface area (Å²) in [5.74, 6) is -4.44. The maximum Gasteiger partial charge on any atom is 0.325 e. The molecule has 4 heterocycles. The molecule has 3 aromatic rings. The number of alkyl halides is 4. The van der Waals surface area contributed by atoms with Crippen molar-refractivity contribution < 1.29 is 22.3 Å². The molecule has 32 heavy (non-hydrogen) atoms. The third-order valence-corrected chi connectivity index (χ3v) is 4.60. The predicted molar refractivity (Wildman–Crippen MR) is 100 cm³/mol. The van der Waals surface area contributed by atoms with Gasteiger partial charge in [-0.15, -0.1) is 0 Å². The first-order chi connectivity index (χ1) is 15.1. The Morgan fingerprint density at radius 2 is 1.88 bits per heavy atom. The molecule has 1 aliphatic rings. The van der Waals surface area contributed by atoms with Crippen LogP contribution in [0.3, 0.4) is 0 Å². The van der Waals surface area contributed by atoms with Gasteiger partial charge in [0, 0.05) is 6.20 Å². The van der Waals surface area contributed by atoms with E-state index < -0.39 is 54.2 Å². The van der Waals surface area contributed by atoms with Crippen LogP contribution in [0.4, 0.5) is 23.2 Å². The van der Waals surface area contributed by atoms with Crippen molar-refractivity contribution in [3.05, 3.63) is 61.7 Å². The highest BCUT2D eigenvalue weighted by Crippen LogP contribution is 2.33. The van der Waals surface area contributed by atoms with Gasteiger partial charge in [0.1, 0.15) is 5.69 Å². The first-order valence-electron chi connectivity index (χ1n) is 8.95. The van der Waals surface area contributed by atoms with E-state index in [1.54, 1.807) is 0 Å². The zero-order chi connectivity index (χ0) is 23.0. The van der Waals surface area contributed by atoms with Crippen LogP contribution in [-0.2, 0) is 0 Å². The molecule has 168 valence electrons.